The van der Waals surface area contributed by atoms with Crippen LogP contribution in [0.5, 0.6) is 0 Å². The molecule has 6 nitrogen and oxygen atoms in total. The molecule has 1 aliphatic rings. The van der Waals surface area contributed by atoms with E-state index in [0.717, 1.165) is 0 Å². The smallest absolute Gasteiger partial charge is 0.378 e. The van der Waals surface area contributed by atoms with Crippen LogP contribution in [0, 0.1) is 15.5 Å². The Labute approximate surface area is 116 Å². The van der Waals surface area contributed by atoms with E-state index in [-0.39, 0.29) is 36.7 Å². The van der Waals surface area contributed by atoms with Crippen molar-refractivity contribution in [1.82, 2.24) is 9.97 Å². The molecule has 0 aliphatic heterocycles. The van der Waals surface area contributed by atoms with Crippen molar-refractivity contribution in [2.24, 2.45) is 5.41 Å². The van der Waals surface area contributed by atoms with Gasteiger partial charge in [0.1, 0.15) is 5.69 Å². The third-order valence-electron chi connectivity index (χ3n) is 3.43. The third kappa shape index (κ3) is 2.62. The molecule has 2 rings (SSSR count). The molecular formula is C10H10ClF3N4O2. The van der Waals surface area contributed by atoms with Crippen molar-refractivity contribution >= 4 is 23.1 Å². The Bertz CT molecular complexity index is 560. The molecule has 1 fully saturated rings. The van der Waals surface area contributed by atoms with Crippen molar-refractivity contribution in [2.45, 2.75) is 31.9 Å². The summed E-state index contributed by atoms with van der Waals surface area (Å²) in [6, 6.07) is 0. The molecule has 2 N–H and O–H groups in total. The molecule has 1 aromatic rings. The molecule has 1 aliphatic carbocycles. The number of aromatic nitrogens is 2. The maximum Gasteiger partial charge on any atom is 0.394 e. The second-order valence-electron chi connectivity index (χ2n) is 4.71. The Kier molecular flexibility index (Phi) is 3.49. The van der Waals surface area contributed by atoms with E-state index in [9.17, 15) is 23.3 Å². The second-order valence-corrected chi connectivity index (χ2v) is 5.05. The van der Waals surface area contributed by atoms with Crippen LogP contribution in [0.25, 0.3) is 0 Å². The fraction of sp³-hybridized carbons (Fsp3) is 0.600. The molecule has 1 saturated carbocycles. The van der Waals surface area contributed by atoms with Gasteiger partial charge in [-0.15, -0.1) is 0 Å². The quantitative estimate of drug-likeness (QED) is 0.524. The fourth-order valence-electron chi connectivity index (χ4n) is 2.05. The molecule has 0 amide bonds. The van der Waals surface area contributed by atoms with Crippen LogP contribution in [0.2, 0.25) is 5.28 Å². The van der Waals surface area contributed by atoms with Gasteiger partial charge in [0.2, 0.25) is 11.1 Å². The van der Waals surface area contributed by atoms with Gasteiger partial charge < -0.3 is 5.73 Å². The number of nitro groups is 1. The highest BCUT2D eigenvalue weighted by Gasteiger charge is 2.62. The topological polar surface area (TPSA) is 94.9 Å². The van der Waals surface area contributed by atoms with Crippen molar-refractivity contribution in [1.29, 1.82) is 0 Å². The molecule has 20 heavy (non-hydrogen) atoms. The molecule has 1 heterocycles. The van der Waals surface area contributed by atoms with E-state index in [0.29, 0.717) is 0 Å². The van der Waals surface area contributed by atoms with Gasteiger partial charge >= 0.3 is 11.9 Å². The third-order valence-corrected chi connectivity index (χ3v) is 3.60. The Morgan fingerprint density at radius 3 is 2.45 bits per heavy atom. The highest BCUT2D eigenvalue weighted by Crippen LogP contribution is 2.60. The van der Waals surface area contributed by atoms with Gasteiger partial charge in [-0.25, -0.2) is 4.98 Å². The Hall–Kier alpha value is -1.64. The predicted molar refractivity (Wildman–Crippen MR) is 64.2 cm³/mol. The maximum atomic E-state index is 12.8. The molecule has 1 aromatic heterocycles. The standard InChI is InChI=1S/C10H10ClF3N4O2/c11-8-16-5(6(18(19)20)7(15)17-8)1-2-9(3-4-9)10(12,13)14/h1-4H2,(H2,15,16,17). The van der Waals surface area contributed by atoms with E-state index in [1.807, 2.05) is 0 Å². The normalized spacial score (nSPS) is 17.0. The Morgan fingerprint density at radius 1 is 1.40 bits per heavy atom. The van der Waals surface area contributed by atoms with Crippen LogP contribution in [0.15, 0.2) is 0 Å². The molecule has 0 aromatic carbocycles. The second kappa shape index (κ2) is 4.72. The first-order valence-corrected chi connectivity index (χ1v) is 6.07. The van der Waals surface area contributed by atoms with Crippen molar-refractivity contribution in [3.63, 3.8) is 0 Å². The van der Waals surface area contributed by atoms with Gasteiger partial charge in [-0.3, -0.25) is 10.1 Å². The van der Waals surface area contributed by atoms with Gasteiger partial charge in [-0.2, -0.15) is 18.2 Å². The van der Waals surface area contributed by atoms with Crippen LogP contribution in [-0.2, 0) is 6.42 Å². The number of nitrogens with two attached hydrogens (primary N) is 1. The number of anilines is 1. The summed E-state index contributed by atoms with van der Waals surface area (Å²) < 4.78 is 38.4. The van der Waals surface area contributed by atoms with Crippen LogP contribution >= 0.6 is 11.6 Å². The first kappa shape index (κ1) is 14.8. The van der Waals surface area contributed by atoms with Gasteiger partial charge in [0.05, 0.1) is 10.3 Å². The van der Waals surface area contributed by atoms with Gasteiger partial charge in [-0.05, 0) is 37.3 Å². The van der Waals surface area contributed by atoms with Crippen LogP contribution in [0.4, 0.5) is 24.7 Å². The molecule has 0 saturated heterocycles. The number of halogens is 4. The summed E-state index contributed by atoms with van der Waals surface area (Å²) in [5.41, 5.74) is 2.87. The fourth-order valence-corrected chi connectivity index (χ4v) is 2.24. The van der Waals surface area contributed by atoms with E-state index in [1.165, 1.54) is 0 Å². The molecule has 110 valence electrons. The van der Waals surface area contributed by atoms with Crippen molar-refractivity contribution in [2.75, 3.05) is 5.73 Å². The van der Waals surface area contributed by atoms with Crippen LogP contribution in [0.3, 0.4) is 0 Å². The highest BCUT2D eigenvalue weighted by atomic mass is 35.5. The lowest BCUT2D eigenvalue weighted by molar-refractivity contribution is -0.385. The minimum absolute atomic E-state index is 0.0264. The van der Waals surface area contributed by atoms with E-state index in [4.69, 9.17) is 17.3 Å². The van der Waals surface area contributed by atoms with Crippen LogP contribution < -0.4 is 5.73 Å². The molecular weight excluding hydrogens is 301 g/mol. The molecule has 0 spiro atoms. The highest BCUT2D eigenvalue weighted by molar-refractivity contribution is 6.28. The number of nitrogens with zero attached hydrogens (tertiary/aromatic N) is 3. The first-order chi connectivity index (χ1) is 9.16. The molecule has 0 unspecified atom stereocenters. The van der Waals surface area contributed by atoms with Gasteiger partial charge in [0.25, 0.3) is 0 Å². The summed E-state index contributed by atoms with van der Waals surface area (Å²) in [7, 11) is 0. The van der Waals surface area contributed by atoms with Crippen molar-refractivity contribution in [3.8, 4) is 0 Å². The summed E-state index contributed by atoms with van der Waals surface area (Å²) in [5.74, 6) is -0.443. The number of alkyl halides is 3. The summed E-state index contributed by atoms with van der Waals surface area (Å²) in [5, 5.41) is 10.6. The number of nitrogen functional groups attached to an aromatic ring is 1. The zero-order valence-electron chi connectivity index (χ0n) is 10.1. The van der Waals surface area contributed by atoms with Crippen LogP contribution in [0.1, 0.15) is 25.0 Å². The molecule has 10 heteroatoms. The Morgan fingerprint density at radius 2 is 2.00 bits per heavy atom. The van der Waals surface area contributed by atoms with E-state index in [1.54, 1.807) is 0 Å². The average molecular weight is 311 g/mol. The lowest BCUT2D eigenvalue weighted by atomic mass is 9.98. The molecule has 0 bridgehead atoms. The number of hydrogen-bond acceptors (Lipinski definition) is 5. The largest absolute Gasteiger partial charge is 0.394 e. The molecule has 0 atom stereocenters. The van der Waals surface area contributed by atoms with E-state index < -0.39 is 28.0 Å². The Balaban J connectivity index is 2.24. The van der Waals surface area contributed by atoms with E-state index in [2.05, 4.69) is 9.97 Å². The van der Waals surface area contributed by atoms with Gasteiger partial charge in [0.15, 0.2) is 0 Å². The number of hydrogen-bond donors (Lipinski definition) is 1. The number of aryl methyl sites for hydroxylation is 1. The van der Waals surface area contributed by atoms with Gasteiger partial charge in [-0.1, -0.05) is 0 Å². The lowest BCUT2D eigenvalue weighted by Crippen LogP contribution is -2.25. The minimum atomic E-state index is -4.32. The molecule has 0 radical (unpaired) electrons. The lowest BCUT2D eigenvalue weighted by Gasteiger charge is -2.18. The zero-order chi connectivity index (χ0) is 15.1. The summed E-state index contributed by atoms with van der Waals surface area (Å²) in [6.45, 7) is 0. The SMILES string of the molecule is Nc1nc(Cl)nc(CCC2(C(F)(F)F)CC2)c1[N+](=O)[O-]. The zero-order valence-corrected chi connectivity index (χ0v) is 10.8. The minimum Gasteiger partial charge on any atom is -0.378 e. The van der Waals surface area contributed by atoms with Crippen molar-refractivity contribution in [3.05, 3.63) is 21.1 Å². The monoisotopic (exact) mass is 310 g/mol. The summed E-state index contributed by atoms with van der Waals surface area (Å²) in [6.07, 6.45) is -4.76. The van der Waals surface area contributed by atoms with Crippen LogP contribution in [-0.4, -0.2) is 21.1 Å². The van der Waals surface area contributed by atoms with Crippen molar-refractivity contribution < 1.29 is 18.1 Å². The predicted octanol–water partition coefficient (Wildman–Crippen LogP) is 2.90. The maximum absolute atomic E-state index is 12.8. The average Bonchev–Trinajstić information content (AvgIpc) is 3.04. The number of rotatable bonds is 4. The summed E-state index contributed by atoms with van der Waals surface area (Å²) >= 11 is 5.54. The van der Waals surface area contributed by atoms with E-state index >= 15 is 0 Å². The first-order valence-electron chi connectivity index (χ1n) is 5.69. The summed E-state index contributed by atoms with van der Waals surface area (Å²) in [4.78, 5) is 17.1. The van der Waals surface area contributed by atoms with Gasteiger partial charge in [0, 0.05) is 0 Å².